The van der Waals surface area contributed by atoms with Gasteiger partial charge < -0.3 is 15.0 Å². The highest BCUT2D eigenvalue weighted by molar-refractivity contribution is 7.99. The largest absolute Gasteiger partial charge is 0.379 e. The van der Waals surface area contributed by atoms with Crippen LogP contribution in [-0.4, -0.2) is 63.1 Å². The van der Waals surface area contributed by atoms with Gasteiger partial charge in [-0.25, -0.2) is 17.2 Å². The summed E-state index contributed by atoms with van der Waals surface area (Å²) >= 11 is 1.39. The Morgan fingerprint density at radius 3 is 2.62 bits per heavy atom. The molecule has 0 aliphatic carbocycles. The van der Waals surface area contributed by atoms with Crippen LogP contribution < -0.4 is 10.2 Å². The molecule has 12 heteroatoms. The van der Waals surface area contributed by atoms with Gasteiger partial charge in [0.1, 0.15) is 18.2 Å². The van der Waals surface area contributed by atoms with Crippen molar-refractivity contribution in [2.45, 2.75) is 16.7 Å². The maximum absolute atomic E-state index is 14.0. The first-order chi connectivity index (χ1) is 16.2. The third kappa shape index (κ3) is 5.09. The van der Waals surface area contributed by atoms with E-state index < -0.39 is 40.0 Å². The lowest BCUT2D eigenvalue weighted by molar-refractivity contribution is -0.123. The Morgan fingerprint density at radius 2 is 1.91 bits per heavy atom. The van der Waals surface area contributed by atoms with Gasteiger partial charge in [0.15, 0.2) is 0 Å². The fourth-order valence-corrected chi connectivity index (χ4v) is 6.17. The van der Waals surface area contributed by atoms with Crippen molar-refractivity contribution in [3.63, 3.8) is 0 Å². The van der Waals surface area contributed by atoms with E-state index >= 15 is 0 Å². The number of rotatable bonds is 5. The summed E-state index contributed by atoms with van der Waals surface area (Å²) in [7, 11) is -3.83. The number of morpholine rings is 1. The number of hydrogen-bond donors (Lipinski definition) is 1. The van der Waals surface area contributed by atoms with E-state index in [0.29, 0.717) is 35.6 Å². The zero-order chi connectivity index (χ0) is 24.5. The Balaban J connectivity index is 1.65. The molecular weight excluding hydrogens is 488 g/mol. The Hall–Kier alpha value is -2.54. The zero-order valence-corrected chi connectivity index (χ0v) is 19.9. The topological polar surface area (TPSA) is 96.0 Å². The molecule has 4 rings (SSSR count). The minimum absolute atomic E-state index is 0.00564. The van der Waals surface area contributed by atoms with Crippen molar-refractivity contribution in [3.8, 4) is 0 Å². The quantitative estimate of drug-likeness (QED) is 0.663. The molecular formula is C22H23F2N3O5S2. The Kier molecular flexibility index (Phi) is 7.22. The molecule has 2 aromatic rings. The number of benzene rings is 2. The lowest BCUT2D eigenvalue weighted by Gasteiger charge is -2.27. The van der Waals surface area contributed by atoms with E-state index in [1.54, 1.807) is 13.0 Å². The van der Waals surface area contributed by atoms with Crippen LogP contribution >= 0.6 is 11.8 Å². The van der Waals surface area contributed by atoms with Gasteiger partial charge in [0.2, 0.25) is 21.8 Å². The Morgan fingerprint density at radius 1 is 1.18 bits per heavy atom. The SMILES string of the molecule is CC1CSc2ccc(S(=O)(=O)N3CCOCC3)cc2N(CC(=O)Nc2ccc(F)cc2F)C1=O. The highest BCUT2D eigenvalue weighted by Gasteiger charge is 2.33. The maximum Gasteiger partial charge on any atom is 0.244 e. The van der Waals surface area contributed by atoms with Crippen LogP contribution in [0, 0.1) is 17.6 Å². The van der Waals surface area contributed by atoms with E-state index in [0.717, 1.165) is 12.1 Å². The number of carbonyl (C=O) groups is 2. The molecule has 1 N–H and O–H groups in total. The highest BCUT2D eigenvalue weighted by atomic mass is 32.2. The highest BCUT2D eigenvalue weighted by Crippen LogP contribution is 2.38. The third-order valence-corrected chi connectivity index (χ3v) is 8.73. The number of ether oxygens (including phenoxy) is 1. The van der Waals surface area contributed by atoms with Gasteiger partial charge in [-0.15, -0.1) is 11.8 Å². The molecule has 0 radical (unpaired) electrons. The first-order valence-corrected chi connectivity index (χ1v) is 13.0. The van der Waals surface area contributed by atoms with Gasteiger partial charge in [-0.1, -0.05) is 6.92 Å². The van der Waals surface area contributed by atoms with Crippen molar-refractivity contribution in [1.82, 2.24) is 4.31 Å². The number of thioether (sulfide) groups is 1. The number of carbonyl (C=O) groups excluding carboxylic acids is 2. The van der Waals surface area contributed by atoms with Crippen LogP contribution in [0.3, 0.4) is 0 Å². The number of nitrogens with zero attached hydrogens (tertiary/aromatic N) is 2. The molecule has 0 bridgehead atoms. The normalized spacial score (nSPS) is 19.4. The maximum atomic E-state index is 14.0. The van der Waals surface area contributed by atoms with Gasteiger partial charge in [0, 0.05) is 35.7 Å². The van der Waals surface area contributed by atoms with Gasteiger partial charge in [-0.3, -0.25) is 9.59 Å². The minimum atomic E-state index is -3.83. The predicted molar refractivity (Wildman–Crippen MR) is 123 cm³/mol. The van der Waals surface area contributed by atoms with Crippen LogP contribution in [0.5, 0.6) is 0 Å². The minimum Gasteiger partial charge on any atom is -0.379 e. The van der Waals surface area contributed by atoms with Gasteiger partial charge >= 0.3 is 0 Å². The van der Waals surface area contributed by atoms with Crippen molar-refractivity contribution < 1.29 is 31.5 Å². The van der Waals surface area contributed by atoms with Crippen molar-refractivity contribution in [3.05, 3.63) is 48.0 Å². The monoisotopic (exact) mass is 511 g/mol. The van der Waals surface area contributed by atoms with Gasteiger partial charge in [0.05, 0.1) is 29.5 Å². The average Bonchev–Trinajstić information content (AvgIpc) is 2.93. The molecule has 2 amide bonds. The van der Waals surface area contributed by atoms with E-state index in [9.17, 15) is 26.8 Å². The number of amides is 2. The molecule has 8 nitrogen and oxygen atoms in total. The summed E-state index contributed by atoms with van der Waals surface area (Å²) in [6, 6.07) is 7.25. The summed E-state index contributed by atoms with van der Waals surface area (Å²) in [5.41, 5.74) is 0.0726. The molecule has 182 valence electrons. The van der Waals surface area contributed by atoms with E-state index in [2.05, 4.69) is 5.32 Å². The number of anilines is 2. The van der Waals surface area contributed by atoms with Crippen LogP contribution in [0.25, 0.3) is 0 Å². The molecule has 1 saturated heterocycles. The first-order valence-electron chi connectivity index (χ1n) is 10.6. The van der Waals surface area contributed by atoms with Crippen LogP contribution in [0.1, 0.15) is 6.92 Å². The van der Waals surface area contributed by atoms with Crippen LogP contribution in [0.4, 0.5) is 20.2 Å². The van der Waals surface area contributed by atoms with Crippen LogP contribution in [0.2, 0.25) is 0 Å². The Labute approximate surface area is 200 Å². The summed E-state index contributed by atoms with van der Waals surface area (Å²) in [5.74, 6) is -2.78. The van der Waals surface area contributed by atoms with Gasteiger partial charge in [-0.2, -0.15) is 4.31 Å². The lowest BCUT2D eigenvalue weighted by Crippen LogP contribution is -2.42. The second kappa shape index (κ2) is 9.98. The van der Waals surface area contributed by atoms with Crippen molar-refractivity contribution >= 4 is 45.0 Å². The molecule has 2 aliphatic heterocycles. The lowest BCUT2D eigenvalue weighted by atomic mass is 10.1. The van der Waals surface area contributed by atoms with E-state index in [4.69, 9.17) is 4.74 Å². The molecule has 0 saturated carbocycles. The fourth-order valence-electron chi connectivity index (χ4n) is 3.68. The van der Waals surface area contributed by atoms with Gasteiger partial charge in [-0.05, 0) is 30.3 Å². The molecule has 2 heterocycles. The smallest absolute Gasteiger partial charge is 0.244 e. The molecule has 1 atom stereocenters. The Bertz CT molecular complexity index is 1220. The molecule has 1 fully saturated rings. The second-order valence-corrected chi connectivity index (χ2v) is 11.0. The summed E-state index contributed by atoms with van der Waals surface area (Å²) in [4.78, 5) is 27.7. The second-order valence-electron chi connectivity index (χ2n) is 7.95. The zero-order valence-electron chi connectivity index (χ0n) is 18.3. The number of sulfonamides is 1. The van der Waals surface area contributed by atoms with E-state index in [1.165, 1.54) is 33.1 Å². The summed E-state index contributed by atoms with van der Waals surface area (Å²) < 4.78 is 60.0. The fraction of sp³-hybridized carbons (Fsp3) is 0.364. The average molecular weight is 512 g/mol. The summed E-state index contributed by atoms with van der Waals surface area (Å²) in [6.45, 7) is 2.29. The van der Waals surface area contributed by atoms with Crippen LogP contribution in [-0.2, 0) is 24.3 Å². The first kappa shape index (κ1) is 24.6. The standard InChI is InChI=1S/C22H23F2N3O5S2/c1-14-13-33-20-5-3-16(34(30,31)26-6-8-32-9-7-26)11-19(20)27(22(14)29)12-21(28)25-18-4-2-15(23)10-17(18)24/h2-5,10-11,14H,6-9,12-13H2,1H3,(H,25,28). The van der Waals surface area contributed by atoms with Crippen LogP contribution in [0.15, 0.2) is 46.2 Å². The molecule has 0 aromatic heterocycles. The molecule has 2 aromatic carbocycles. The predicted octanol–water partition coefficient (Wildman–Crippen LogP) is 2.70. The molecule has 0 spiro atoms. The van der Waals surface area contributed by atoms with Crippen molar-refractivity contribution in [2.75, 3.05) is 48.8 Å². The third-order valence-electron chi connectivity index (χ3n) is 5.51. The van der Waals surface area contributed by atoms with E-state index in [-0.39, 0.29) is 29.6 Å². The number of fused-ring (bicyclic) bond motifs is 1. The van der Waals surface area contributed by atoms with E-state index in [1.807, 2.05) is 0 Å². The molecule has 2 aliphatic rings. The summed E-state index contributed by atoms with van der Waals surface area (Å²) in [6.07, 6.45) is 0. The van der Waals surface area contributed by atoms with Crippen molar-refractivity contribution in [2.24, 2.45) is 5.92 Å². The number of hydrogen-bond acceptors (Lipinski definition) is 6. The summed E-state index contributed by atoms with van der Waals surface area (Å²) in [5, 5.41) is 2.35. The van der Waals surface area contributed by atoms with Gasteiger partial charge in [0.25, 0.3) is 0 Å². The number of nitrogens with one attached hydrogen (secondary N) is 1. The molecule has 1 unspecified atom stereocenters. The number of halogens is 2. The molecule has 34 heavy (non-hydrogen) atoms. The van der Waals surface area contributed by atoms with Crippen molar-refractivity contribution in [1.29, 1.82) is 0 Å².